The van der Waals surface area contributed by atoms with Gasteiger partial charge in [0, 0.05) is 0 Å². The third-order valence-corrected chi connectivity index (χ3v) is 4.34. The third-order valence-electron chi connectivity index (χ3n) is 3.21. The molecule has 3 nitrogen and oxygen atoms in total. The fourth-order valence-corrected chi connectivity index (χ4v) is 3.09. The lowest BCUT2D eigenvalue weighted by Gasteiger charge is -2.15. The minimum atomic E-state index is -0.263. The number of carbonyl (C=O) groups is 1. The molecule has 1 atom stereocenters. The van der Waals surface area contributed by atoms with Gasteiger partial charge in [-0.05, 0) is 47.2 Å². The predicted octanol–water partition coefficient (Wildman–Crippen LogP) is 4.21. The summed E-state index contributed by atoms with van der Waals surface area (Å²) in [6, 6.07) is 12.0. The van der Waals surface area contributed by atoms with Crippen molar-refractivity contribution in [2.75, 3.05) is 19.5 Å². The van der Waals surface area contributed by atoms with Gasteiger partial charge in [0.05, 0.1) is 13.7 Å². The van der Waals surface area contributed by atoms with E-state index in [1.807, 2.05) is 44.2 Å². The van der Waals surface area contributed by atoms with E-state index in [0.717, 1.165) is 27.8 Å². The van der Waals surface area contributed by atoms with Crippen LogP contribution >= 0.6 is 11.8 Å². The zero-order valence-corrected chi connectivity index (χ0v) is 13.4. The van der Waals surface area contributed by atoms with E-state index in [4.69, 9.17) is 9.47 Å². The van der Waals surface area contributed by atoms with Gasteiger partial charge in [-0.25, -0.2) is 0 Å². The Morgan fingerprint density at radius 3 is 2.52 bits per heavy atom. The maximum Gasteiger partial charge on any atom is 0.323 e. The van der Waals surface area contributed by atoms with E-state index in [0.29, 0.717) is 6.61 Å². The molecule has 4 heteroatoms. The number of rotatable bonds is 6. The molecule has 0 amide bonds. The van der Waals surface area contributed by atoms with Crippen molar-refractivity contribution in [2.24, 2.45) is 0 Å². The van der Waals surface area contributed by atoms with Crippen molar-refractivity contribution in [1.82, 2.24) is 0 Å². The SMILES string of the molecule is CCOC(=O)C(SCC)c1ccc2cc(OC)ccc2c1. The number of esters is 1. The Balaban J connectivity index is 2.36. The summed E-state index contributed by atoms with van der Waals surface area (Å²) in [6.45, 7) is 4.28. The maximum atomic E-state index is 12.1. The number of hydrogen-bond acceptors (Lipinski definition) is 4. The average Bonchev–Trinajstić information content (AvgIpc) is 2.51. The molecule has 2 aromatic rings. The topological polar surface area (TPSA) is 35.5 Å². The van der Waals surface area contributed by atoms with Crippen molar-refractivity contribution in [3.8, 4) is 5.75 Å². The van der Waals surface area contributed by atoms with Crippen molar-refractivity contribution in [2.45, 2.75) is 19.1 Å². The summed E-state index contributed by atoms with van der Waals surface area (Å²) in [5, 5.41) is 1.93. The highest BCUT2D eigenvalue weighted by atomic mass is 32.2. The lowest BCUT2D eigenvalue weighted by molar-refractivity contribution is -0.142. The Morgan fingerprint density at radius 2 is 1.86 bits per heavy atom. The summed E-state index contributed by atoms with van der Waals surface area (Å²) in [4.78, 5) is 12.1. The minimum absolute atomic E-state index is 0.169. The van der Waals surface area contributed by atoms with Gasteiger partial charge >= 0.3 is 5.97 Å². The highest BCUT2D eigenvalue weighted by Gasteiger charge is 2.22. The molecule has 0 radical (unpaired) electrons. The van der Waals surface area contributed by atoms with Gasteiger partial charge in [0.15, 0.2) is 0 Å². The van der Waals surface area contributed by atoms with Gasteiger partial charge < -0.3 is 9.47 Å². The molecule has 0 aliphatic carbocycles. The summed E-state index contributed by atoms with van der Waals surface area (Å²) >= 11 is 1.59. The monoisotopic (exact) mass is 304 g/mol. The Hall–Kier alpha value is -1.68. The zero-order valence-electron chi connectivity index (χ0n) is 12.6. The van der Waals surface area contributed by atoms with Crippen molar-refractivity contribution in [3.05, 3.63) is 42.0 Å². The van der Waals surface area contributed by atoms with Gasteiger partial charge in [-0.1, -0.05) is 25.1 Å². The number of methoxy groups -OCH3 is 1. The minimum Gasteiger partial charge on any atom is -0.497 e. The predicted molar refractivity (Wildman–Crippen MR) is 88.0 cm³/mol. The Morgan fingerprint density at radius 1 is 1.14 bits per heavy atom. The molecule has 0 heterocycles. The molecule has 2 aromatic carbocycles. The molecule has 21 heavy (non-hydrogen) atoms. The highest BCUT2D eigenvalue weighted by molar-refractivity contribution is 8.00. The first-order valence-corrected chi connectivity index (χ1v) is 8.10. The van der Waals surface area contributed by atoms with E-state index in [1.54, 1.807) is 18.9 Å². The van der Waals surface area contributed by atoms with Crippen LogP contribution in [0.25, 0.3) is 10.8 Å². The standard InChI is InChI=1S/C17H20O3S/c1-4-20-17(18)16(21-5-2)14-7-6-13-11-15(19-3)9-8-12(13)10-14/h6-11,16H,4-5H2,1-3H3. The Bertz CT molecular complexity index is 624. The largest absolute Gasteiger partial charge is 0.497 e. The van der Waals surface area contributed by atoms with E-state index in [-0.39, 0.29) is 11.2 Å². The van der Waals surface area contributed by atoms with Gasteiger partial charge in [-0.2, -0.15) is 0 Å². The zero-order chi connectivity index (χ0) is 15.2. The van der Waals surface area contributed by atoms with E-state index < -0.39 is 0 Å². The molecular formula is C17H20O3S. The van der Waals surface area contributed by atoms with E-state index in [1.165, 1.54) is 0 Å². The number of hydrogen-bond donors (Lipinski definition) is 0. The molecule has 0 saturated carbocycles. The van der Waals surface area contributed by atoms with Gasteiger partial charge in [-0.15, -0.1) is 11.8 Å². The quantitative estimate of drug-likeness (QED) is 0.749. The maximum absolute atomic E-state index is 12.1. The molecule has 1 unspecified atom stereocenters. The van der Waals surface area contributed by atoms with E-state index in [9.17, 15) is 4.79 Å². The fourth-order valence-electron chi connectivity index (χ4n) is 2.22. The smallest absolute Gasteiger partial charge is 0.323 e. The second kappa shape index (κ2) is 7.36. The molecule has 0 bridgehead atoms. The van der Waals surface area contributed by atoms with E-state index >= 15 is 0 Å². The molecule has 0 aliphatic rings. The van der Waals surface area contributed by atoms with Gasteiger partial charge in [0.25, 0.3) is 0 Å². The first kappa shape index (κ1) is 15.7. The summed E-state index contributed by atoms with van der Waals surface area (Å²) in [6.07, 6.45) is 0. The van der Waals surface area contributed by atoms with Crippen molar-refractivity contribution in [3.63, 3.8) is 0 Å². The molecule has 0 fully saturated rings. The van der Waals surface area contributed by atoms with Gasteiger partial charge in [0.2, 0.25) is 0 Å². The van der Waals surface area contributed by atoms with Crippen molar-refractivity contribution < 1.29 is 14.3 Å². The fraction of sp³-hybridized carbons (Fsp3) is 0.353. The van der Waals surface area contributed by atoms with Crippen molar-refractivity contribution in [1.29, 1.82) is 0 Å². The number of benzene rings is 2. The lowest BCUT2D eigenvalue weighted by Crippen LogP contribution is -2.13. The first-order chi connectivity index (χ1) is 10.2. The molecule has 0 aliphatic heterocycles. The lowest BCUT2D eigenvalue weighted by atomic mass is 10.0. The average molecular weight is 304 g/mol. The van der Waals surface area contributed by atoms with Crippen LogP contribution in [0.4, 0.5) is 0 Å². The van der Waals surface area contributed by atoms with Crippen molar-refractivity contribution >= 4 is 28.5 Å². The van der Waals surface area contributed by atoms with Gasteiger partial charge in [-0.3, -0.25) is 4.79 Å². The van der Waals surface area contributed by atoms with Crippen LogP contribution < -0.4 is 4.74 Å². The number of carbonyl (C=O) groups excluding carboxylic acids is 1. The van der Waals surface area contributed by atoms with Gasteiger partial charge in [0.1, 0.15) is 11.0 Å². The first-order valence-electron chi connectivity index (χ1n) is 7.05. The Kier molecular flexibility index (Phi) is 5.51. The summed E-state index contributed by atoms with van der Waals surface area (Å²) in [5.41, 5.74) is 0.984. The molecule has 0 aromatic heterocycles. The summed E-state index contributed by atoms with van der Waals surface area (Å²) < 4.78 is 10.4. The second-order valence-corrected chi connectivity index (χ2v) is 5.94. The van der Waals surface area contributed by atoms with Crippen LogP contribution in [0.2, 0.25) is 0 Å². The molecule has 0 saturated heterocycles. The van der Waals surface area contributed by atoms with Crippen LogP contribution in [-0.2, 0) is 9.53 Å². The molecule has 0 N–H and O–H groups in total. The molecule has 0 spiro atoms. The Labute approximate surface area is 129 Å². The number of ether oxygens (including phenoxy) is 2. The van der Waals surface area contributed by atoms with Crippen LogP contribution in [0.15, 0.2) is 36.4 Å². The van der Waals surface area contributed by atoms with E-state index in [2.05, 4.69) is 6.07 Å². The van der Waals surface area contributed by atoms with Crippen LogP contribution in [0.5, 0.6) is 5.75 Å². The van der Waals surface area contributed by atoms with Crippen LogP contribution in [0.3, 0.4) is 0 Å². The molecule has 112 valence electrons. The summed E-state index contributed by atoms with van der Waals surface area (Å²) in [7, 11) is 1.66. The summed E-state index contributed by atoms with van der Waals surface area (Å²) in [5.74, 6) is 1.53. The molecule has 2 rings (SSSR count). The number of fused-ring (bicyclic) bond motifs is 1. The van der Waals surface area contributed by atoms with Crippen LogP contribution in [-0.4, -0.2) is 25.4 Å². The second-order valence-electron chi connectivity index (χ2n) is 4.56. The normalized spacial score (nSPS) is 12.1. The highest BCUT2D eigenvalue weighted by Crippen LogP contribution is 2.32. The third kappa shape index (κ3) is 3.70. The van der Waals surface area contributed by atoms with Crippen LogP contribution in [0, 0.1) is 0 Å². The molecular weight excluding hydrogens is 284 g/mol. The number of thioether (sulfide) groups is 1. The van der Waals surface area contributed by atoms with Crippen LogP contribution in [0.1, 0.15) is 24.7 Å².